The Morgan fingerprint density at radius 1 is 1.50 bits per heavy atom. The molecule has 1 aliphatic heterocycles. The molecular formula is C12H16FNO2. The summed E-state index contributed by atoms with van der Waals surface area (Å²) in [5.74, 6) is -0.225. The van der Waals surface area contributed by atoms with E-state index >= 15 is 0 Å². The average Bonchev–Trinajstić information content (AvgIpc) is 2.30. The van der Waals surface area contributed by atoms with Crippen LogP contribution in [0.15, 0.2) is 24.3 Å². The standard InChI is InChI=1S/C12H16FNO2/c13-11-3-1-2-10(6-11)8-15-9-12-7-14-4-5-16-12/h1-3,6,12,14H,4-5,7-9H2. The van der Waals surface area contributed by atoms with Gasteiger partial charge in [-0.25, -0.2) is 4.39 Å². The maximum absolute atomic E-state index is 12.9. The Morgan fingerprint density at radius 3 is 3.19 bits per heavy atom. The van der Waals surface area contributed by atoms with Gasteiger partial charge in [0.15, 0.2) is 0 Å². The third-order valence-corrected chi connectivity index (χ3v) is 2.47. The number of ether oxygens (including phenoxy) is 2. The van der Waals surface area contributed by atoms with Crippen molar-refractivity contribution in [3.63, 3.8) is 0 Å². The fourth-order valence-electron chi connectivity index (χ4n) is 1.66. The minimum Gasteiger partial charge on any atom is -0.374 e. The first-order valence-electron chi connectivity index (χ1n) is 5.49. The first-order chi connectivity index (χ1) is 7.84. The van der Waals surface area contributed by atoms with E-state index in [2.05, 4.69) is 5.32 Å². The molecule has 1 N–H and O–H groups in total. The number of hydrogen-bond donors (Lipinski definition) is 1. The molecule has 0 aromatic heterocycles. The molecule has 1 aromatic carbocycles. The van der Waals surface area contributed by atoms with Crippen molar-refractivity contribution in [1.82, 2.24) is 5.32 Å². The van der Waals surface area contributed by atoms with E-state index in [4.69, 9.17) is 9.47 Å². The van der Waals surface area contributed by atoms with Crippen LogP contribution in [0.1, 0.15) is 5.56 Å². The van der Waals surface area contributed by atoms with Crippen molar-refractivity contribution in [1.29, 1.82) is 0 Å². The Morgan fingerprint density at radius 2 is 2.44 bits per heavy atom. The highest BCUT2D eigenvalue weighted by atomic mass is 19.1. The van der Waals surface area contributed by atoms with Gasteiger partial charge in [-0.05, 0) is 17.7 Å². The molecule has 0 radical (unpaired) electrons. The number of hydrogen-bond acceptors (Lipinski definition) is 3. The molecule has 2 rings (SSSR count). The average molecular weight is 225 g/mol. The van der Waals surface area contributed by atoms with E-state index in [1.807, 2.05) is 6.07 Å². The molecule has 0 aliphatic carbocycles. The number of halogens is 1. The molecule has 0 bridgehead atoms. The predicted molar refractivity (Wildman–Crippen MR) is 58.7 cm³/mol. The largest absolute Gasteiger partial charge is 0.374 e. The summed E-state index contributed by atoms with van der Waals surface area (Å²) < 4.78 is 23.8. The maximum atomic E-state index is 12.9. The summed E-state index contributed by atoms with van der Waals surface area (Å²) in [7, 11) is 0. The molecule has 4 heteroatoms. The third kappa shape index (κ3) is 3.56. The molecule has 1 aliphatic rings. The van der Waals surface area contributed by atoms with E-state index in [1.54, 1.807) is 6.07 Å². The molecule has 1 heterocycles. The Hall–Kier alpha value is -0.970. The van der Waals surface area contributed by atoms with Gasteiger partial charge in [0.2, 0.25) is 0 Å². The zero-order valence-electron chi connectivity index (χ0n) is 9.12. The number of nitrogens with one attached hydrogen (secondary N) is 1. The van der Waals surface area contributed by atoms with Crippen LogP contribution in [0.4, 0.5) is 4.39 Å². The molecule has 0 spiro atoms. The van der Waals surface area contributed by atoms with Gasteiger partial charge < -0.3 is 14.8 Å². The Kier molecular flexibility index (Phi) is 4.27. The summed E-state index contributed by atoms with van der Waals surface area (Å²) in [6.07, 6.45) is 0.113. The smallest absolute Gasteiger partial charge is 0.123 e. The molecular weight excluding hydrogens is 209 g/mol. The molecule has 1 fully saturated rings. The van der Waals surface area contributed by atoms with E-state index in [1.165, 1.54) is 12.1 Å². The molecule has 88 valence electrons. The minimum atomic E-state index is -0.225. The second-order valence-electron chi connectivity index (χ2n) is 3.84. The van der Waals surface area contributed by atoms with E-state index in [9.17, 15) is 4.39 Å². The highest BCUT2D eigenvalue weighted by Gasteiger charge is 2.12. The SMILES string of the molecule is Fc1cccc(COCC2CNCCO2)c1. The van der Waals surface area contributed by atoms with Gasteiger partial charge in [0.1, 0.15) is 5.82 Å². The Bertz CT molecular complexity index is 327. The normalized spacial score (nSPS) is 20.9. The Balaban J connectivity index is 1.71. The quantitative estimate of drug-likeness (QED) is 0.838. The lowest BCUT2D eigenvalue weighted by Gasteiger charge is -2.23. The summed E-state index contributed by atoms with van der Waals surface area (Å²) in [5, 5.41) is 3.23. The van der Waals surface area contributed by atoms with E-state index in [0.717, 1.165) is 25.3 Å². The summed E-state index contributed by atoms with van der Waals surface area (Å²) in [6, 6.07) is 6.45. The first-order valence-corrected chi connectivity index (χ1v) is 5.49. The lowest BCUT2D eigenvalue weighted by molar-refractivity contribution is -0.0357. The molecule has 16 heavy (non-hydrogen) atoms. The van der Waals surface area contributed by atoms with Crippen molar-refractivity contribution in [2.24, 2.45) is 0 Å². The summed E-state index contributed by atoms with van der Waals surface area (Å²) in [6.45, 7) is 3.43. The fourth-order valence-corrected chi connectivity index (χ4v) is 1.66. The van der Waals surface area contributed by atoms with Crippen molar-refractivity contribution in [3.05, 3.63) is 35.6 Å². The van der Waals surface area contributed by atoms with Crippen LogP contribution in [0.3, 0.4) is 0 Å². The highest BCUT2D eigenvalue weighted by molar-refractivity contribution is 5.15. The van der Waals surface area contributed by atoms with Crippen LogP contribution in [0.5, 0.6) is 0 Å². The zero-order chi connectivity index (χ0) is 11.2. The fraction of sp³-hybridized carbons (Fsp3) is 0.500. The van der Waals surface area contributed by atoms with Crippen molar-refractivity contribution in [2.45, 2.75) is 12.7 Å². The number of benzene rings is 1. The lowest BCUT2D eigenvalue weighted by atomic mass is 10.2. The van der Waals surface area contributed by atoms with Crippen LogP contribution < -0.4 is 5.32 Å². The molecule has 0 amide bonds. The minimum absolute atomic E-state index is 0.113. The van der Waals surface area contributed by atoms with Gasteiger partial charge in [-0.3, -0.25) is 0 Å². The predicted octanol–water partition coefficient (Wildman–Crippen LogP) is 1.33. The van der Waals surface area contributed by atoms with E-state index < -0.39 is 0 Å². The second kappa shape index (κ2) is 5.94. The second-order valence-corrected chi connectivity index (χ2v) is 3.84. The van der Waals surface area contributed by atoms with Crippen LogP contribution in [-0.2, 0) is 16.1 Å². The number of rotatable bonds is 4. The molecule has 1 atom stereocenters. The van der Waals surface area contributed by atoms with Gasteiger partial charge >= 0.3 is 0 Å². The van der Waals surface area contributed by atoms with Crippen molar-refractivity contribution in [3.8, 4) is 0 Å². The van der Waals surface area contributed by atoms with Gasteiger partial charge in [0.05, 0.1) is 25.9 Å². The third-order valence-electron chi connectivity index (χ3n) is 2.47. The molecule has 0 saturated carbocycles. The zero-order valence-corrected chi connectivity index (χ0v) is 9.12. The van der Waals surface area contributed by atoms with Gasteiger partial charge in [0, 0.05) is 13.1 Å². The van der Waals surface area contributed by atoms with Crippen molar-refractivity contribution >= 4 is 0 Å². The van der Waals surface area contributed by atoms with Crippen LogP contribution in [0.25, 0.3) is 0 Å². The van der Waals surface area contributed by atoms with Gasteiger partial charge in [-0.1, -0.05) is 12.1 Å². The molecule has 3 nitrogen and oxygen atoms in total. The highest BCUT2D eigenvalue weighted by Crippen LogP contribution is 2.06. The van der Waals surface area contributed by atoms with Crippen LogP contribution >= 0.6 is 0 Å². The van der Waals surface area contributed by atoms with Crippen LogP contribution in [0, 0.1) is 5.82 Å². The van der Waals surface area contributed by atoms with Gasteiger partial charge in [0.25, 0.3) is 0 Å². The number of morpholine rings is 1. The van der Waals surface area contributed by atoms with Crippen LogP contribution in [-0.4, -0.2) is 32.4 Å². The molecule has 1 saturated heterocycles. The van der Waals surface area contributed by atoms with Crippen molar-refractivity contribution < 1.29 is 13.9 Å². The lowest BCUT2D eigenvalue weighted by Crippen LogP contribution is -2.40. The topological polar surface area (TPSA) is 30.5 Å². The van der Waals surface area contributed by atoms with E-state index in [0.29, 0.717) is 13.2 Å². The Labute approximate surface area is 94.6 Å². The summed E-state index contributed by atoms with van der Waals surface area (Å²) >= 11 is 0. The van der Waals surface area contributed by atoms with E-state index in [-0.39, 0.29) is 11.9 Å². The summed E-state index contributed by atoms with van der Waals surface area (Å²) in [5.41, 5.74) is 0.851. The monoisotopic (exact) mass is 225 g/mol. The first kappa shape index (κ1) is 11.5. The van der Waals surface area contributed by atoms with Crippen molar-refractivity contribution in [2.75, 3.05) is 26.3 Å². The molecule has 1 aromatic rings. The molecule has 1 unspecified atom stereocenters. The van der Waals surface area contributed by atoms with Gasteiger partial charge in [-0.2, -0.15) is 0 Å². The summed E-state index contributed by atoms with van der Waals surface area (Å²) in [4.78, 5) is 0. The van der Waals surface area contributed by atoms with Crippen LogP contribution in [0.2, 0.25) is 0 Å². The van der Waals surface area contributed by atoms with Gasteiger partial charge in [-0.15, -0.1) is 0 Å². The maximum Gasteiger partial charge on any atom is 0.123 e.